The summed E-state index contributed by atoms with van der Waals surface area (Å²) in [5, 5.41) is 2.59. The number of nitrogens with one attached hydrogen (secondary N) is 1. The molecule has 6 nitrogen and oxygen atoms in total. The zero-order valence-electron chi connectivity index (χ0n) is 17.9. The van der Waals surface area contributed by atoms with Crippen LogP contribution in [0.25, 0.3) is 11.8 Å². The Balaban J connectivity index is 1.75. The highest BCUT2D eigenvalue weighted by Crippen LogP contribution is 2.33. The third-order valence-electron chi connectivity index (χ3n) is 5.39. The number of amides is 4. The SMILES string of the molecule is Cc1cc(C=C2C(=O)NC(=O)N(c3cccc(C(F)(F)F)c3)C2=O)c(C)n1-c1ccc(Cl)cc1. The van der Waals surface area contributed by atoms with E-state index in [0.717, 1.165) is 23.5 Å². The summed E-state index contributed by atoms with van der Waals surface area (Å²) in [6.45, 7) is 3.62. The number of barbiturate groups is 1. The van der Waals surface area contributed by atoms with Crippen molar-refractivity contribution in [2.45, 2.75) is 20.0 Å². The minimum Gasteiger partial charge on any atom is -0.318 e. The summed E-state index contributed by atoms with van der Waals surface area (Å²) in [4.78, 5) is 38.5. The second-order valence-electron chi connectivity index (χ2n) is 7.64. The van der Waals surface area contributed by atoms with Gasteiger partial charge in [0.1, 0.15) is 5.57 Å². The van der Waals surface area contributed by atoms with E-state index in [4.69, 9.17) is 11.6 Å². The number of aryl methyl sites for hydroxylation is 1. The van der Waals surface area contributed by atoms with Crippen LogP contribution < -0.4 is 10.2 Å². The molecule has 174 valence electrons. The summed E-state index contributed by atoms with van der Waals surface area (Å²) in [7, 11) is 0. The monoisotopic (exact) mass is 487 g/mol. The Hall–Kier alpha value is -3.85. The molecule has 0 aliphatic carbocycles. The van der Waals surface area contributed by atoms with Crippen LogP contribution in [0.5, 0.6) is 0 Å². The van der Waals surface area contributed by atoms with Crippen molar-refractivity contribution in [2.75, 3.05) is 4.90 Å². The molecule has 0 radical (unpaired) electrons. The van der Waals surface area contributed by atoms with Gasteiger partial charge in [-0.3, -0.25) is 14.9 Å². The molecule has 1 fully saturated rings. The number of alkyl halides is 3. The molecule has 0 bridgehead atoms. The quantitative estimate of drug-likeness (QED) is 0.395. The van der Waals surface area contributed by atoms with Crippen LogP contribution >= 0.6 is 11.6 Å². The van der Waals surface area contributed by atoms with Gasteiger partial charge >= 0.3 is 12.2 Å². The first kappa shape index (κ1) is 23.3. The molecule has 2 heterocycles. The van der Waals surface area contributed by atoms with Crippen molar-refractivity contribution in [1.29, 1.82) is 0 Å². The molecule has 0 saturated carbocycles. The van der Waals surface area contributed by atoms with Gasteiger partial charge in [0.25, 0.3) is 11.8 Å². The summed E-state index contributed by atoms with van der Waals surface area (Å²) in [6, 6.07) is 11.5. The summed E-state index contributed by atoms with van der Waals surface area (Å²) in [6.07, 6.45) is -3.35. The van der Waals surface area contributed by atoms with Crippen LogP contribution in [0.2, 0.25) is 5.02 Å². The van der Waals surface area contributed by atoms with Gasteiger partial charge in [0.05, 0.1) is 11.3 Å². The summed E-state index contributed by atoms with van der Waals surface area (Å²) in [5.74, 6) is -1.96. The Morgan fingerprint density at radius 3 is 2.26 bits per heavy atom. The van der Waals surface area contributed by atoms with Crippen LogP contribution in [0.3, 0.4) is 0 Å². The lowest BCUT2D eigenvalue weighted by molar-refractivity contribution is -0.137. The van der Waals surface area contributed by atoms with Crippen molar-refractivity contribution in [3.8, 4) is 5.69 Å². The first-order valence-electron chi connectivity index (χ1n) is 10.0. The second-order valence-corrected chi connectivity index (χ2v) is 8.08. The molecule has 4 rings (SSSR count). The number of carbonyl (C=O) groups excluding carboxylic acids is 3. The molecule has 2 aromatic carbocycles. The summed E-state index contributed by atoms with van der Waals surface area (Å²) < 4.78 is 41.3. The van der Waals surface area contributed by atoms with Crippen molar-refractivity contribution in [3.63, 3.8) is 0 Å². The molecule has 10 heteroatoms. The zero-order chi connectivity index (χ0) is 24.8. The lowest BCUT2D eigenvalue weighted by Gasteiger charge is -2.26. The smallest absolute Gasteiger partial charge is 0.318 e. The topological polar surface area (TPSA) is 71.4 Å². The van der Waals surface area contributed by atoms with Crippen molar-refractivity contribution < 1.29 is 27.6 Å². The Labute approximate surface area is 197 Å². The molecule has 1 aliphatic heterocycles. The highest BCUT2D eigenvalue weighted by molar-refractivity contribution is 6.39. The number of carbonyl (C=O) groups is 3. The molecule has 1 aliphatic rings. The van der Waals surface area contributed by atoms with E-state index in [1.807, 2.05) is 28.9 Å². The number of benzene rings is 2. The second kappa shape index (κ2) is 8.49. The van der Waals surface area contributed by atoms with Crippen LogP contribution in [0.1, 0.15) is 22.5 Å². The van der Waals surface area contributed by atoms with Crippen LogP contribution in [0.15, 0.2) is 60.2 Å². The highest BCUT2D eigenvalue weighted by atomic mass is 35.5. The molecular weight excluding hydrogens is 471 g/mol. The fourth-order valence-electron chi connectivity index (χ4n) is 3.79. The minimum absolute atomic E-state index is 0.303. The number of halogens is 4. The summed E-state index contributed by atoms with van der Waals surface area (Å²) in [5.41, 5.74) is 1.14. The van der Waals surface area contributed by atoms with Crippen molar-refractivity contribution in [3.05, 3.63) is 87.7 Å². The van der Waals surface area contributed by atoms with E-state index in [0.29, 0.717) is 27.2 Å². The number of imide groups is 2. The Kier molecular flexibility index (Phi) is 5.82. The minimum atomic E-state index is -4.67. The maximum Gasteiger partial charge on any atom is 0.416 e. The van der Waals surface area contributed by atoms with Crippen LogP contribution in [-0.4, -0.2) is 22.4 Å². The van der Waals surface area contributed by atoms with Gasteiger partial charge in [-0.15, -0.1) is 0 Å². The largest absolute Gasteiger partial charge is 0.416 e. The van der Waals surface area contributed by atoms with Crippen LogP contribution in [0.4, 0.5) is 23.7 Å². The van der Waals surface area contributed by atoms with Gasteiger partial charge in [-0.1, -0.05) is 17.7 Å². The maximum absolute atomic E-state index is 13.1. The molecule has 1 aromatic heterocycles. The predicted molar refractivity (Wildman–Crippen MR) is 121 cm³/mol. The lowest BCUT2D eigenvalue weighted by Crippen LogP contribution is -2.54. The normalized spacial score (nSPS) is 15.8. The molecule has 4 amide bonds. The van der Waals surface area contributed by atoms with Gasteiger partial charge in [0.15, 0.2) is 0 Å². The van der Waals surface area contributed by atoms with Gasteiger partial charge in [0, 0.05) is 22.1 Å². The van der Waals surface area contributed by atoms with Crippen LogP contribution in [-0.2, 0) is 15.8 Å². The van der Waals surface area contributed by atoms with Gasteiger partial charge < -0.3 is 4.57 Å². The fraction of sp³-hybridized carbons (Fsp3) is 0.125. The molecule has 0 spiro atoms. The Bertz CT molecular complexity index is 1360. The van der Waals surface area contributed by atoms with E-state index >= 15 is 0 Å². The zero-order valence-corrected chi connectivity index (χ0v) is 18.7. The number of hydrogen-bond donors (Lipinski definition) is 1. The molecule has 34 heavy (non-hydrogen) atoms. The third-order valence-corrected chi connectivity index (χ3v) is 5.64. The summed E-state index contributed by atoms with van der Waals surface area (Å²) >= 11 is 5.96. The van der Waals surface area contributed by atoms with E-state index in [1.165, 1.54) is 12.1 Å². The average molecular weight is 488 g/mol. The van der Waals surface area contributed by atoms with Crippen LogP contribution in [0, 0.1) is 13.8 Å². The third kappa shape index (κ3) is 4.22. The molecule has 1 N–H and O–H groups in total. The van der Waals surface area contributed by atoms with Gasteiger partial charge in [-0.2, -0.15) is 13.2 Å². The molecule has 3 aromatic rings. The number of urea groups is 1. The first-order valence-corrected chi connectivity index (χ1v) is 10.4. The van der Waals surface area contributed by atoms with Gasteiger partial charge in [-0.25, -0.2) is 9.69 Å². The number of anilines is 1. The van der Waals surface area contributed by atoms with E-state index in [-0.39, 0.29) is 11.3 Å². The number of aromatic nitrogens is 1. The average Bonchev–Trinajstić information content (AvgIpc) is 3.04. The lowest BCUT2D eigenvalue weighted by atomic mass is 10.1. The van der Waals surface area contributed by atoms with Crippen molar-refractivity contribution >= 4 is 41.2 Å². The van der Waals surface area contributed by atoms with Crippen molar-refractivity contribution in [2.24, 2.45) is 0 Å². The number of nitrogens with zero attached hydrogens (tertiary/aromatic N) is 2. The van der Waals surface area contributed by atoms with E-state index in [1.54, 1.807) is 25.1 Å². The Morgan fingerprint density at radius 2 is 1.62 bits per heavy atom. The molecule has 1 saturated heterocycles. The molecular formula is C24H17ClF3N3O3. The molecule has 0 atom stereocenters. The van der Waals surface area contributed by atoms with E-state index < -0.39 is 29.6 Å². The predicted octanol–water partition coefficient (Wildman–Crippen LogP) is 5.43. The number of rotatable bonds is 3. The van der Waals surface area contributed by atoms with E-state index in [2.05, 4.69) is 0 Å². The fourth-order valence-corrected chi connectivity index (χ4v) is 3.92. The molecule has 0 unspecified atom stereocenters. The Morgan fingerprint density at radius 1 is 0.941 bits per heavy atom. The standard InChI is InChI=1S/C24H17ClF3N3O3/c1-13-10-15(14(2)30(13)18-8-6-17(25)7-9-18)11-20-21(32)29-23(34)31(22(20)33)19-5-3-4-16(12-19)24(26,27)28/h3-12H,1-2H3,(H,29,32,34). The van der Waals surface area contributed by atoms with Crippen molar-refractivity contribution in [1.82, 2.24) is 9.88 Å². The number of hydrogen-bond acceptors (Lipinski definition) is 3. The first-order chi connectivity index (χ1) is 16.0. The van der Waals surface area contributed by atoms with Gasteiger partial charge in [0.2, 0.25) is 0 Å². The van der Waals surface area contributed by atoms with Gasteiger partial charge in [-0.05, 0) is 74.0 Å². The van der Waals surface area contributed by atoms with E-state index in [9.17, 15) is 27.6 Å². The maximum atomic E-state index is 13.1. The highest BCUT2D eigenvalue weighted by Gasteiger charge is 2.38.